The molecule has 0 aliphatic heterocycles. The van der Waals surface area contributed by atoms with Crippen LogP contribution < -0.4 is 0 Å². The van der Waals surface area contributed by atoms with E-state index in [1.807, 2.05) is 12.2 Å². The predicted molar refractivity (Wildman–Crippen MR) is 65.4 cm³/mol. The van der Waals surface area contributed by atoms with E-state index < -0.39 is 0 Å². The Morgan fingerprint density at radius 2 is 1.29 bits per heavy atom. The van der Waals surface area contributed by atoms with E-state index in [1.165, 1.54) is 0 Å². The Morgan fingerprint density at radius 3 is 1.50 bits per heavy atom. The van der Waals surface area contributed by atoms with Crippen LogP contribution in [0.1, 0.15) is 27.7 Å². The summed E-state index contributed by atoms with van der Waals surface area (Å²) >= 11 is 0. The minimum absolute atomic E-state index is 0.617. The smallest absolute Gasteiger partial charge is 0.0167 e. The number of rotatable bonds is 7. The summed E-state index contributed by atoms with van der Waals surface area (Å²) in [6.07, 6.45) is 3.95. The van der Waals surface area contributed by atoms with Gasteiger partial charge in [0.15, 0.2) is 0 Å². The monoisotopic (exact) mass is 195 g/mol. The molecule has 1 heteroatoms. The van der Waals surface area contributed by atoms with Crippen LogP contribution in [0.25, 0.3) is 0 Å². The molecule has 0 radical (unpaired) electrons. The van der Waals surface area contributed by atoms with Gasteiger partial charge in [0.2, 0.25) is 0 Å². The Bertz CT molecular complexity index is 152. The molecule has 0 saturated heterocycles. The van der Waals surface area contributed by atoms with Crippen LogP contribution in [0.2, 0.25) is 0 Å². The molecule has 0 heterocycles. The molecule has 14 heavy (non-hydrogen) atoms. The van der Waals surface area contributed by atoms with Gasteiger partial charge in [0.05, 0.1) is 0 Å². The number of nitrogens with zero attached hydrogens (tertiary/aromatic N) is 1. The molecule has 0 aromatic rings. The Kier molecular flexibility index (Phi) is 6.56. The van der Waals surface area contributed by atoms with Crippen LogP contribution in [-0.4, -0.2) is 24.0 Å². The quantitative estimate of drug-likeness (QED) is 0.563. The van der Waals surface area contributed by atoms with Crippen LogP contribution in [0.4, 0.5) is 0 Å². The van der Waals surface area contributed by atoms with Crippen molar-refractivity contribution in [1.29, 1.82) is 0 Å². The fraction of sp³-hybridized carbons (Fsp3) is 0.692. The molecule has 82 valence electrons. The molecule has 0 N–H and O–H groups in total. The van der Waals surface area contributed by atoms with Gasteiger partial charge in [-0.3, -0.25) is 4.90 Å². The summed E-state index contributed by atoms with van der Waals surface area (Å²) in [7, 11) is 0. The first-order valence-electron chi connectivity index (χ1n) is 5.50. The highest BCUT2D eigenvalue weighted by Gasteiger charge is 2.22. The number of hydrogen-bond donors (Lipinski definition) is 0. The molecule has 0 fully saturated rings. The lowest BCUT2D eigenvalue weighted by molar-refractivity contribution is 0.142. The van der Waals surface area contributed by atoms with Crippen molar-refractivity contribution in [3.05, 3.63) is 25.3 Å². The molecule has 0 saturated carbocycles. The fourth-order valence-electron chi connectivity index (χ4n) is 2.26. The van der Waals surface area contributed by atoms with Crippen LogP contribution in [0.5, 0.6) is 0 Å². The van der Waals surface area contributed by atoms with E-state index in [-0.39, 0.29) is 0 Å². The molecule has 0 spiro atoms. The molecule has 0 unspecified atom stereocenters. The van der Waals surface area contributed by atoms with Crippen molar-refractivity contribution in [2.45, 2.75) is 33.7 Å². The summed E-state index contributed by atoms with van der Waals surface area (Å²) in [6, 6.07) is 0.617. The van der Waals surface area contributed by atoms with Gasteiger partial charge >= 0.3 is 0 Å². The normalized spacial score (nSPS) is 11.7. The Morgan fingerprint density at radius 1 is 0.929 bits per heavy atom. The number of hydrogen-bond acceptors (Lipinski definition) is 1. The van der Waals surface area contributed by atoms with Crippen LogP contribution in [0.3, 0.4) is 0 Å². The molecule has 0 aromatic heterocycles. The second-order valence-electron chi connectivity index (χ2n) is 4.51. The molecule has 0 atom stereocenters. The highest BCUT2D eigenvalue weighted by Crippen LogP contribution is 2.19. The Balaban J connectivity index is 4.52. The lowest BCUT2D eigenvalue weighted by Crippen LogP contribution is -2.42. The van der Waals surface area contributed by atoms with Gasteiger partial charge in [-0.2, -0.15) is 0 Å². The van der Waals surface area contributed by atoms with Gasteiger partial charge < -0.3 is 0 Å². The van der Waals surface area contributed by atoms with E-state index in [0.717, 1.165) is 13.1 Å². The average molecular weight is 195 g/mol. The van der Waals surface area contributed by atoms with Crippen molar-refractivity contribution in [2.24, 2.45) is 11.8 Å². The van der Waals surface area contributed by atoms with Crippen molar-refractivity contribution < 1.29 is 0 Å². The van der Waals surface area contributed by atoms with Crippen LogP contribution in [-0.2, 0) is 0 Å². The van der Waals surface area contributed by atoms with Gasteiger partial charge in [0, 0.05) is 19.1 Å². The maximum Gasteiger partial charge on any atom is 0.0167 e. The first-order chi connectivity index (χ1) is 6.54. The minimum atomic E-state index is 0.617. The lowest BCUT2D eigenvalue weighted by atomic mass is 9.91. The summed E-state index contributed by atoms with van der Waals surface area (Å²) in [5.41, 5.74) is 0. The molecule has 0 aromatic carbocycles. The van der Waals surface area contributed by atoms with E-state index in [1.54, 1.807) is 0 Å². The SMILES string of the molecule is C=CCN(CC=C)C(C(C)C)C(C)C. The molecule has 1 nitrogen and oxygen atoms in total. The summed E-state index contributed by atoms with van der Waals surface area (Å²) in [5, 5.41) is 0. The van der Waals surface area contributed by atoms with Crippen molar-refractivity contribution >= 4 is 0 Å². The average Bonchev–Trinajstić information content (AvgIpc) is 2.03. The highest BCUT2D eigenvalue weighted by atomic mass is 15.2. The second-order valence-corrected chi connectivity index (χ2v) is 4.51. The molecule has 0 amide bonds. The fourth-order valence-corrected chi connectivity index (χ4v) is 2.26. The summed E-state index contributed by atoms with van der Waals surface area (Å²) in [4.78, 5) is 2.44. The molecule has 0 rings (SSSR count). The van der Waals surface area contributed by atoms with E-state index in [0.29, 0.717) is 17.9 Å². The summed E-state index contributed by atoms with van der Waals surface area (Å²) < 4.78 is 0. The molecule has 0 aliphatic carbocycles. The Labute approximate surface area is 89.5 Å². The van der Waals surface area contributed by atoms with E-state index in [2.05, 4.69) is 45.8 Å². The van der Waals surface area contributed by atoms with Gasteiger partial charge in [-0.1, -0.05) is 39.8 Å². The third-order valence-electron chi connectivity index (χ3n) is 2.51. The highest BCUT2D eigenvalue weighted by molar-refractivity contribution is 4.87. The predicted octanol–water partition coefficient (Wildman–Crippen LogP) is 3.34. The maximum absolute atomic E-state index is 3.81. The zero-order chi connectivity index (χ0) is 11.1. The third kappa shape index (κ3) is 4.10. The standard InChI is InChI=1S/C13H25N/c1-7-9-14(10-8-2)13(11(3)4)12(5)6/h7-8,11-13H,1-2,9-10H2,3-6H3. The molecular formula is C13H25N. The zero-order valence-electron chi connectivity index (χ0n) is 10.2. The van der Waals surface area contributed by atoms with Crippen molar-refractivity contribution in [3.8, 4) is 0 Å². The minimum Gasteiger partial charge on any atom is -0.293 e. The Hall–Kier alpha value is -0.560. The maximum atomic E-state index is 3.81. The topological polar surface area (TPSA) is 3.24 Å². The van der Waals surface area contributed by atoms with Crippen molar-refractivity contribution in [1.82, 2.24) is 4.90 Å². The van der Waals surface area contributed by atoms with Gasteiger partial charge in [0.1, 0.15) is 0 Å². The molecular weight excluding hydrogens is 170 g/mol. The molecule has 0 bridgehead atoms. The van der Waals surface area contributed by atoms with Gasteiger partial charge in [-0.15, -0.1) is 13.2 Å². The van der Waals surface area contributed by atoms with E-state index in [9.17, 15) is 0 Å². The molecule has 0 aliphatic rings. The zero-order valence-corrected chi connectivity index (χ0v) is 10.2. The largest absolute Gasteiger partial charge is 0.293 e. The van der Waals surface area contributed by atoms with Crippen LogP contribution in [0.15, 0.2) is 25.3 Å². The van der Waals surface area contributed by atoms with E-state index in [4.69, 9.17) is 0 Å². The van der Waals surface area contributed by atoms with Crippen molar-refractivity contribution in [2.75, 3.05) is 13.1 Å². The lowest BCUT2D eigenvalue weighted by Gasteiger charge is -2.36. The van der Waals surface area contributed by atoms with Crippen LogP contribution in [0, 0.1) is 11.8 Å². The van der Waals surface area contributed by atoms with Gasteiger partial charge in [0.25, 0.3) is 0 Å². The van der Waals surface area contributed by atoms with Gasteiger partial charge in [-0.25, -0.2) is 0 Å². The summed E-state index contributed by atoms with van der Waals surface area (Å²) in [6.45, 7) is 18.6. The van der Waals surface area contributed by atoms with Crippen LogP contribution >= 0.6 is 0 Å². The first kappa shape index (κ1) is 13.4. The van der Waals surface area contributed by atoms with Crippen molar-refractivity contribution in [3.63, 3.8) is 0 Å². The third-order valence-corrected chi connectivity index (χ3v) is 2.51. The summed E-state index contributed by atoms with van der Waals surface area (Å²) in [5.74, 6) is 1.35. The first-order valence-corrected chi connectivity index (χ1v) is 5.50. The second kappa shape index (κ2) is 6.83. The van der Waals surface area contributed by atoms with Gasteiger partial charge in [-0.05, 0) is 11.8 Å². The van der Waals surface area contributed by atoms with E-state index >= 15 is 0 Å².